The highest BCUT2D eigenvalue weighted by Gasteiger charge is 2.14. The van der Waals surface area contributed by atoms with Gasteiger partial charge in [0.15, 0.2) is 11.5 Å². The Bertz CT molecular complexity index is 694. The molecule has 27 heavy (non-hydrogen) atoms. The maximum Gasteiger partial charge on any atom is 0.180 e. The molecule has 1 atom stereocenters. The van der Waals surface area contributed by atoms with Crippen LogP contribution in [-0.2, 0) is 13.2 Å². The molecule has 0 saturated carbocycles. The standard InChI is InChI=1S/C20H25ClFNO3.ClH/c1-3-17(12-24)23-11-15-9-18(21)20(19(10-15)25-4-2)26-13-14-5-7-16(22)8-6-14;/h5-10,17,23-24H,3-4,11-13H2,1-2H3;1H. The van der Waals surface area contributed by atoms with E-state index in [1.807, 2.05) is 26.0 Å². The Hall–Kier alpha value is -1.53. The quantitative estimate of drug-likeness (QED) is 0.585. The highest BCUT2D eigenvalue weighted by molar-refractivity contribution is 6.32. The van der Waals surface area contributed by atoms with Crippen LogP contribution in [0.25, 0.3) is 0 Å². The molecule has 4 nitrogen and oxygen atoms in total. The van der Waals surface area contributed by atoms with E-state index in [2.05, 4.69) is 5.32 Å². The van der Waals surface area contributed by atoms with Crippen LogP contribution in [0.5, 0.6) is 11.5 Å². The van der Waals surface area contributed by atoms with Gasteiger partial charge in [-0.3, -0.25) is 0 Å². The molecule has 2 N–H and O–H groups in total. The molecular formula is C20H26Cl2FNO3. The van der Waals surface area contributed by atoms with Crippen LogP contribution in [0.15, 0.2) is 36.4 Å². The maximum atomic E-state index is 13.0. The van der Waals surface area contributed by atoms with Crippen molar-refractivity contribution in [3.8, 4) is 11.5 Å². The lowest BCUT2D eigenvalue weighted by atomic mass is 10.1. The Kier molecular flexibility index (Phi) is 10.5. The van der Waals surface area contributed by atoms with Crippen molar-refractivity contribution in [2.75, 3.05) is 13.2 Å². The molecule has 0 fully saturated rings. The van der Waals surface area contributed by atoms with E-state index >= 15 is 0 Å². The number of hydrogen-bond acceptors (Lipinski definition) is 4. The van der Waals surface area contributed by atoms with E-state index in [1.165, 1.54) is 12.1 Å². The lowest BCUT2D eigenvalue weighted by Crippen LogP contribution is -2.31. The largest absolute Gasteiger partial charge is 0.490 e. The molecule has 0 aliphatic rings. The molecule has 0 aliphatic heterocycles. The second kappa shape index (κ2) is 12.0. The normalized spacial score (nSPS) is 11.6. The fourth-order valence-electron chi connectivity index (χ4n) is 2.46. The Morgan fingerprint density at radius 3 is 2.41 bits per heavy atom. The van der Waals surface area contributed by atoms with Crippen LogP contribution in [0, 0.1) is 5.82 Å². The third-order valence-electron chi connectivity index (χ3n) is 3.97. The highest BCUT2D eigenvalue weighted by Crippen LogP contribution is 2.37. The van der Waals surface area contributed by atoms with Gasteiger partial charge in [-0.05, 0) is 48.7 Å². The van der Waals surface area contributed by atoms with Gasteiger partial charge in [0, 0.05) is 12.6 Å². The molecular weight excluding hydrogens is 392 g/mol. The van der Waals surface area contributed by atoms with Crippen molar-refractivity contribution >= 4 is 24.0 Å². The highest BCUT2D eigenvalue weighted by atomic mass is 35.5. The first kappa shape index (κ1) is 23.5. The molecule has 0 amide bonds. The summed E-state index contributed by atoms with van der Waals surface area (Å²) >= 11 is 6.40. The lowest BCUT2D eigenvalue weighted by Gasteiger charge is -2.17. The van der Waals surface area contributed by atoms with Gasteiger partial charge in [-0.1, -0.05) is 30.7 Å². The zero-order chi connectivity index (χ0) is 18.9. The summed E-state index contributed by atoms with van der Waals surface area (Å²) in [5.74, 6) is 0.749. The van der Waals surface area contributed by atoms with Crippen molar-refractivity contribution in [1.82, 2.24) is 5.32 Å². The Labute approximate surface area is 171 Å². The van der Waals surface area contributed by atoms with Crippen LogP contribution in [0.2, 0.25) is 5.02 Å². The monoisotopic (exact) mass is 417 g/mol. The summed E-state index contributed by atoms with van der Waals surface area (Å²) in [6, 6.07) is 9.86. The third-order valence-corrected chi connectivity index (χ3v) is 4.25. The number of hydrogen-bond donors (Lipinski definition) is 2. The van der Waals surface area contributed by atoms with Gasteiger partial charge in [0.25, 0.3) is 0 Å². The number of halogens is 3. The minimum Gasteiger partial charge on any atom is -0.490 e. The smallest absolute Gasteiger partial charge is 0.180 e. The second-order valence-corrected chi connectivity index (χ2v) is 6.33. The van der Waals surface area contributed by atoms with E-state index in [0.29, 0.717) is 29.7 Å². The number of ether oxygens (including phenoxy) is 2. The summed E-state index contributed by atoms with van der Waals surface area (Å²) in [6.45, 7) is 5.30. The first-order chi connectivity index (χ1) is 12.6. The van der Waals surface area contributed by atoms with Gasteiger partial charge < -0.3 is 19.9 Å². The van der Waals surface area contributed by atoms with E-state index in [-0.39, 0.29) is 37.5 Å². The van der Waals surface area contributed by atoms with Crippen molar-refractivity contribution in [1.29, 1.82) is 0 Å². The van der Waals surface area contributed by atoms with Crippen molar-refractivity contribution in [2.24, 2.45) is 0 Å². The van der Waals surface area contributed by atoms with Crippen LogP contribution in [0.1, 0.15) is 31.4 Å². The average molecular weight is 418 g/mol. The maximum absolute atomic E-state index is 13.0. The Morgan fingerprint density at radius 1 is 1.11 bits per heavy atom. The molecule has 7 heteroatoms. The second-order valence-electron chi connectivity index (χ2n) is 5.92. The molecule has 0 radical (unpaired) electrons. The molecule has 0 saturated heterocycles. The lowest BCUT2D eigenvalue weighted by molar-refractivity contribution is 0.238. The molecule has 1 unspecified atom stereocenters. The van der Waals surface area contributed by atoms with Gasteiger partial charge in [-0.25, -0.2) is 4.39 Å². The van der Waals surface area contributed by atoms with Gasteiger partial charge in [-0.2, -0.15) is 0 Å². The first-order valence-electron chi connectivity index (χ1n) is 8.74. The molecule has 0 heterocycles. The van der Waals surface area contributed by atoms with E-state index in [9.17, 15) is 9.50 Å². The predicted octanol–water partition coefficient (Wildman–Crippen LogP) is 4.74. The molecule has 0 aromatic heterocycles. The zero-order valence-corrected chi connectivity index (χ0v) is 17.1. The van der Waals surface area contributed by atoms with Gasteiger partial charge >= 0.3 is 0 Å². The van der Waals surface area contributed by atoms with E-state index in [4.69, 9.17) is 21.1 Å². The molecule has 2 rings (SSSR count). The zero-order valence-electron chi connectivity index (χ0n) is 15.5. The fraction of sp³-hybridized carbons (Fsp3) is 0.400. The van der Waals surface area contributed by atoms with Crippen LogP contribution < -0.4 is 14.8 Å². The molecule has 0 spiro atoms. The minimum absolute atomic E-state index is 0. The van der Waals surface area contributed by atoms with Crippen molar-refractivity contribution in [3.63, 3.8) is 0 Å². The SMILES string of the molecule is CCOc1cc(CNC(CC)CO)cc(Cl)c1OCc1ccc(F)cc1.Cl. The van der Waals surface area contributed by atoms with Crippen LogP contribution in [0.4, 0.5) is 4.39 Å². The summed E-state index contributed by atoms with van der Waals surface area (Å²) in [7, 11) is 0. The van der Waals surface area contributed by atoms with Gasteiger partial charge in [0.05, 0.1) is 18.2 Å². The molecule has 2 aromatic carbocycles. The topological polar surface area (TPSA) is 50.7 Å². The van der Waals surface area contributed by atoms with E-state index in [0.717, 1.165) is 17.5 Å². The number of aliphatic hydroxyl groups is 1. The summed E-state index contributed by atoms with van der Waals surface area (Å²) in [5, 5.41) is 13.0. The average Bonchev–Trinajstić information content (AvgIpc) is 2.63. The number of rotatable bonds is 10. The first-order valence-corrected chi connectivity index (χ1v) is 9.11. The van der Waals surface area contributed by atoms with Crippen molar-refractivity contribution in [3.05, 3.63) is 58.4 Å². The third kappa shape index (κ3) is 7.18. The Morgan fingerprint density at radius 2 is 1.81 bits per heavy atom. The summed E-state index contributed by atoms with van der Waals surface area (Å²) in [5.41, 5.74) is 1.78. The summed E-state index contributed by atoms with van der Waals surface area (Å²) in [4.78, 5) is 0. The molecule has 2 aromatic rings. The van der Waals surface area contributed by atoms with Gasteiger partial charge in [0.2, 0.25) is 0 Å². The Balaban J connectivity index is 0.00000364. The number of benzene rings is 2. The molecule has 0 aliphatic carbocycles. The van der Waals surface area contributed by atoms with Crippen LogP contribution in [-0.4, -0.2) is 24.4 Å². The van der Waals surface area contributed by atoms with Crippen molar-refractivity contribution < 1.29 is 19.0 Å². The van der Waals surface area contributed by atoms with E-state index in [1.54, 1.807) is 12.1 Å². The predicted molar refractivity (Wildman–Crippen MR) is 109 cm³/mol. The molecule has 0 bridgehead atoms. The van der Waals surface area contributed by atoms with Crippen LogP contribution >= 0.6 is 24.0 Å². The summed E-state index contributed by atoms with van der Waals surface area (Å²) in [6.07, 6.45) is 0.835. The summed E-state index contributed by atoms with van der Waals surface area (Å²) < 4.78 is 24.5. The minimum atomic E-state index is -0.285. The number of aliphatic hydroxyl groups excluding tert-OH is 1. The number of nitrogens with one attached hydrogen (secondary N) is 1. The fourth-order valence-corrected chi connectivity index (χ4v) is 2.75. The van der Waals surface area contributed by atoms with E-state index < -0.39 is 0 Å². The van der Waals surface area contributed by atoms with Gasteiger partial charge in [-0.15, -0.1) is 12.4 Å². The van der Waals surface area contributed by atoms with Crippen LogP contribution in [0.3, 0.4) is 0 Å². The van der Waals surface area contributed by atoms with Crippen molar-refractivity contribution in [2.45, 2.75) is 39.5 Å². The van der Waals surface area contributed by atoms with Gasteiger partial charge in [0.1, 0.15) is 12.4 Å². The molecule has 150 valence electrons.